The lowest BCUT2D eigenvalue weighted by molar-refractivity contribution is -0.126. The normalized spacial score (nSPS) is 15.0. The molecule has 12 nitrogen and oxygen atoms in total. The Morgan fingerprint density at radius 2 is 1.95 bits per heavy atom. The molecule has 1 amide bonds. The van der Waals surface area contributed by atoms with E-state index in [2.05, 4.69) is 20.3 Å². The standard InChI is InChI=1S/C23H23FN6O4S.C3H8O2/c1-13-18-20(32)29(16-4-3-8-25-19(16)31)23(33)28(22(18)35-21(13)30-26-9-10-27-30)11-7-14-12-15(24)5-6-17(14)34-2;1-5-3-2-4/h5-6,9-10,12,16H,3-4,7-8,11H2,1-2H3,(H,25,31);4H,2-3H2,1H3. The van der Waals surface area contributed by atoms with Gasteiger partial charge in [0.15, 0.2) is 0 Å². The maximum Gasteiger partial charge on any atom is 0.332 e. The monoisotopic (exact) mass is 574 g/mol. The van der Waals surface area contributed by atoms with Crippen LogP contribution in [0.4, 0.5) is 4.39 Å². The lowest BCUT2D eigenvalue weighted by Gasteiger charge is -2.24. The Kier molecular flexibility index (Phi) is 9.45. The van der Waals surface area contributed by atoms with Gasteiger partial charge in [-0.1, -0.05) is 11.3 Å². The van der Waals surface area contributed by atoms with Crippen molar-refractivity contribution in [3.8, 4) is 10.8 Å². The molecule has 0 aliphatic carbocycles. The average molecular weight is 575 g/mol. The molecule has 1 atom stereocenters. The van der Waals surface area contributed by atoms with Gasteiger partial charge in [-0.05, 0) is 49.9 Å². The van der Waals surface area contributed by atoms with E-state index < -0.39 is 23.1 Å². The first-order chi connectivity index (χ1) is 19.3. The van der Waals surface area contributed by atoms with Crippen molar-refractivity contribution >= 4 is 27.5 Å². The highest BCUT2D eigenvalue weighted by Crippen LogP contribution is 2.31. The number of aliphatic hydroxyl groups is 1. The number of benzene rings is 1. The molecule has 2 N–H and O–H groups in total. The number of methoxy groups -OCH3 is 2. The second-order valence-corrected chi connectivity index (χ2v) is 9.99. The molecule has 0 saturated carbocycles. The highest BCUT2D eigenvalue weighted by molar-refractivity contribution is 7.21. The maximum absolute atomic E-state index is 13.9. The number of hydrogen-bond acceptors (Lipinski definition) is 9. The number of aliphatic hydroxyl groups excluding tert-OH is 1. The SMILES string of the molecule is COCCO.COc1ccc(F)cc1CCn1c(=O)n(C2CCCNC2=O)c(=O)c2c(C)c(-n3nccn3)sc21. The number of fused-ring (bicyclic) bond motifs is 1. The molecule has 14 heteroatoms. The molecule has 0 radical (unpaired) electrons. The van der Waals surface area contributed by atoms with Crippen LogP contribution in [0.15, 0.2) is 40.2 Å². The van der Waals surface area contributed by atoms with Crippen LogP contribution in [-0.2, 0) is 22.5 Å². The van der Waals surface area contributed by atoms with Gasteiger partial charge in [0, 0.05) is 25.8 Å². The number of nitrogens with one attached hydrogen (secondary N) is 1. The van der Waals surface area contributed by atoms with Crippen LogP contribution in [0.25, 0.3) is 15.2 Å². The lowest BCUT2D eigenvalue weighted by atomic mass is 10.1. The van der Waals surface area contributed by atoms with E-state index in [-0.39, 0.29) is 25.5 Å². The summed E-state index contributed by atoms with van der Waals surface area (Å²) in [6.07, 6.45) is 4.37. The number of ether oxygens (including phenoxy) is 2. The van der Waals surface area contributed by atoms with Crippen LogP contribution in [0, 0.1) is 12.7 Å². The molecule has 1 aromatic carbocycles. The van der Waals surface area contributed by atoms with Crippen molar-refractivity contribution in [2.45, 2.75) is 38.8 Å². The van der Waals surface area contributed by atoms with E-state index in [1.165, 1.54) is 58.4 Å². The molecule has 1 aliphatic heterocycles. The Morgan fingerprint density at radius 1 is 1.20 bits per heavy atom. The van der Waals surface area contributed by atoms with Gasteiger partial charge in [0.25, 0.3) is 5.56 Å². The molecule has 0 bridgehead atoms. The number of aromatic nitrogens is 5. The molecule has 40 heavy (non-hydrogen) atoms. The van der Waals surface area contributed by atoms with Crippen LogP contribution < -0.4 is 21.3 Å². The largest absolute Gasteiger partial charge is 0.496 e. The van der Waals surface area contributed by atoms with Gasteiger partial charge in [-0.15, -0.1) is 4.80 Å². The molecule has 1 aliphatic rings. The highest BCUT2D eigenvalue weighted by atomic mass is 32.1. The third kappa shape index (κ3) is 5.83. The molecule has 4 heterocycles. The van der Waals surface area contributed by atoms with Crippen LogP contribution in [0.2, 0.25) is 0 Å². The molecule has 5 rings (SSSR count). The van der Waals surface area contributed by atoms with Crippen LogP contribution in [0.1, 0.15) is 30.0 Å². The summed E-state index contributed by atoms with van der Waals surface area (Å²) in [6.45, 7) is 2.99. The molecule has 3 aromatic heterocycles. The second kappa shape index (κ2) is 13.0. The zero-order valence-electron chi connectivity index (χ0n) is 22.4. The average Bonchev–Trinajstić information content (AvgIpc) is 3.59. The van der Waals surface area contributed by atoms with Gasteiger partial charge >= 0.3 is 5.69 Å². The summed E-state index contributed by atoms with van der Waals surface area (Å²) in [7, 11) is 3.05. The number of rotatable bonds is 8. The van der Waals surface area contributed by atoms with E-state index in [1.807, 2.05) is 0 Å². The predicted octanol–water partition coefficient (Wildman–Crippen LogP) is 1.58. The number of aryl methyl sites for hydroxylation is 3. The van der Waals surface area contributed by atoms with Crippen molar-refractivity contribution in [2.24, 2.45) is 0 Å². The second-order valence-electron chi connectivity index (χ2n) is 9.01. The van der Waals surface area contributed by atoms with Crippen molar-refractivity contribution in [3.05, 3.63) is 68.4 Å². The lowest BCUT2D eigenvalue weighted by Crippen LogP contribution is -2.49. The number of carbonyl (C=O) groups excluding carboxylic acids is 1. The topological polar surface area (TPSA) is 142 Å². The number of halogens is 1. The van der Waals surface area contributed by atoms with Crippen molar-refractivity contribution in [3.63, 3.8) is 0 Å². The Labute approximate surface area is 232 Å². The summed E-state index contributed by atoms with van der Waals surface area (Å²) in [4.78, 5) is 41.8. The molecular weight excluding hydrogens is 543 g/mol. The quantitative estimate of drug-likeness (QED) is 0.323. The van der Waals surface area contributed by atoms with Crippen molar-refractivity contribution in [2.75, 3.05) is 34.0 Å². The molecular formula is C26H31FN6O6S. The fraction of sp³-hybridized carbons (Fsp3) is 0.423. The first-order valence-corrected chi connectivity index (χ1v) is 13.5. The summed E-state index contributed by atoms with van der Waals surface area (Å²) in [5.41, 5.74) is 0.108. The van der Waals surface area contributed by atoms with Crippen LogP contribution in [0.3, 0.4) is 0 Å². The highest BCUT2D eigenvalue weighted by Gasteiger charge is 2.30. The minimum atomic E-state index is -0.895. The fourth-order valence-electron chi connectivity index (χ4n) is 4.60. The van der Waals surface area contributed by atoms with Gasteiger partial charge < -0.3 is 19.9 Å². The van der Waals surface area contributed by atoms with Gasteiger partial charge in [0.05, 0.1) is 38.1 Å². The number of thiophene rings is 1. The van der Waals surface area contributed by atoms with E-state index in [1.54, 1.807) is 14.0 Å². The van der Waals surface area contributed by atoms with E-state index >= 15 is 0 Å². The summed E-state index contributed by atoms with van der Waals surface area (Å²) in [6, 6.07) is 3.31. The first-order valence-electron chi connectivity index (χ1n) is 12.7. The fourth-order valence-corrected chi connectivity index (χ4v) is 5.84. The van der Waals surface area contributed by atoms with Crippen molar-refractivity contribution in [1.29, 1.82) is 0 Å². The van der Waals surface area contributed by atoms with Crippen LogP contribution >= 0.6 is 11.3 Å². The number of hydrogen-bond donors (Lipinski definition) is 2. The Bertz CT molecular complexity index is 1590. The third-order valence-electron chi connectivity index (χ3n) is 6.53. The summed E-state index contributed by atoms with van der Waals surface area (Å²) in [5.74, 6) is -0.268. The zero-order chi connectivity index (χ0) is 28.8. The van der Waals surface area contributed by atoms with Crippen molar-refractivity contribution < 1.29 is 23.8 Å². The van der Waals surface area contributed by atoms with E-state index in [4.69, 9.17) is 9.84 Å². The molecule has 4 aromatic rings. The van der Waals surface area contributed by atoms with E-state index in [0.717, 1.165) is 4.57 Å². The summed E-state index contributed by atoms with van der Waals surface area (Å²) in [5, 5.41) is 20.0. The smallest absolute Gasteiger partial charge is 0.332 e. The van der Waals surface area contributed by atoms with Gasteiger partial charge in [0.1, 0.15) is 27.4 Å². The van der Waals surface area contributed by atoms with Gasteiger partial charge in [-0.25, -0.2) is 13.8 Å². The van der Waals surface area contributed by atoms with E-state index in [0.29, 0.717) is 58.1 Å². The Hall–Kier alpha value is -3.88. The molecule has 1 unspecified atom stereocenters. The maximum atomic E-state index is 13.9. The Balaban J connectivity index is 0.000000681. The Morgan fingerprint density at radius 3 is 2.58 bits per heavy atom. The molecule has 1 fully saturated rings. The van der Waals surface area contributed by atoms with Gasteiger partial charge in [-0.2, -0.15) is 10.2 Å². The molecule has 214 valence electrons. The molecule has 1 saturated heterocycles. The number of nitrogens with zero attached hydrogens (tertiary/aromatic N) is 5. The predicted molar refractivity (Wildman–Crippen MR) is 147 cm³/mol. The van der Waals surface area contributed by atoms with Crippen LogP contribution in [-0.4, -0.2) is 69.1 Å². The third-order valence-corrected chi connectivity index (χ3v) is 7.81. The first kappa shape index (κ1) is 29.1. The summed E-state index contributed by atoms with van der Waals surface area (Å²) >= 11 is 1.22. The zero-order valence-corrected chi connectivity index (χ0v) is 23.2. The van der Waals surface area contributed by atoms with Gasteiger partial charge in [-0.3, -0.25) is 14.2 Å². The molecule has 0 spiro atoms. The number of piperidine rings is 1. The minimum absolute atomic E-state index is 0.122. The van der Waals surface area contributed by atoms with Crippen LogP contribution in [0.5, 0.6) is 5.75 Å². The minimum Gasteiger partial charge on any atom is -0.496 e. The van der Waals surface area contributed by atoms with Crippen molar-refractivity contribution in [1.82, 2.24) is 29.4 Å². The number of amides is 1. The number of carbonyl (C=O) groups is 1. The van der Waals surface area contributed by atoms with Gasteiger partial charge in [0.2, 0.25) is 5.91 Å². The van der Waals surface area contributed by atoms with E-state index in [9.17, 15) is 18.8 Å². The summed E-state index contributed by atoms with van der Waals surface area (Å²) < 4.78 is 26.3.